The van der Waals surface area contributed by atoms with E-state index in [1.165, 1.54) is 13.8 Å². The van der Waals surface area contributed by atoms with Gasteiger partial charge in [-0.05, 0) is 43.6 Å². The van der Waals surface area contributed by atoms with Crippen molar-refractivity contribution in [3.63, 3.8) is 0 Å². The Morgan fingerprint density at radius 1 is 0.931 bits per heavy atom. The predicted octanol–water partition coefficient (Wildman–Crippen LogP) is 3.65. The van der Waals surface area contributed by atoms with E-state index in [1.807, 2.05) is 6.92 Å². The van der Waals surface area contributed by atoms with E-state index in [2.05, 4.69) is 6.92 Å². The van der Waals surface area contributed by atoms with Crippen LogP contribution in [0.5, 0.6) is 0 Å². The maximum absolute atomic E-state index is 12.7. The molecular formula is C23H28O6. The molecule has 0 aliphatic heterocycles. The summed E-state index contributed by atoms with van der Waals surface area (Å²) in [5, 5.41) is 0. The maximum Gasteiger partial charge on any atom is 0.308 e. The van der Waals surface area contributed by atoms with Gasteiger partial charge in [0, 0.05) is 49.0 Å². The molecule has 5 atom stereocenters. The lowest BCUT2D eigenvalue weighted by molar-refractivity contribution is -0.147. The summed E-state index contributed by atoms with van der Waals surface area (Å²) >= 11 is 0. The maximum atomic E-state index is 12.7. The highest BCUT2D eigenvalue weighted by Crippen LogP contribution is 2.65. The van der Waals surface area contributed by atoms with Crippen molar-refractivity contribution in [2.24, 2.45) is 28.6 Å². The number of allylic oxidation sites excluding steroid dienone is 3. The second-order valence-electron chi connectivity index (χ2n) is 9.48. The zero-order valence-electron chi connectivity index (χ0n) is 17.5. The molecule has 4 rings (SSSR count). The van der Waals surface area contributed by atoms with E-state index in [-0.39, 0.29) is 40.5 Å². The first kappa shape index (κ1) is 20.0. The molecule has 0 aromatic heterocycles. The number of ether oxygens (including phenoxy) is 2. The molecule has 2 saturated carbocycles. The van der Waals surface area contributed by atoms with Crippen LogP contribution in [-0.4, -0.2) is 23.5 Å². The summed E-state index contributed by atoms with van der Waals surface area (Å²) in [6, 6.07) is 0. The van der Waals surface area contributed by atoms with Crippen molar-refractivity contribution >= 4 is 23.5 Å². The third kappa shape index (κ3) is 2.90. The zero-order valence-corrected chi connectivity index (χ0v) is 17.5. The first-order chi connectivity index (χ1) is 13.6. The van der Waals surface area contributed by atoms with Gasteiger partial charge < -0.3 is 9.47 Å². The molecule has 0 bridgehead atoms. The Morgan fingerprint density at radius 2 is 1.59 bits per heavy atom. The van der Waals surface area contributed by atoms with E-state index in [0.717, 1.165) is 19.3 Å². The summed E-state index contributed by atoms with van der Waals surface area (Å²) in [6.07, 6.45) is 5.54. The van der Waals surface area contributed by atoms with Gasteiger partial charge in [0.05, 0.1) is 0 Å². The quantitative estimate of drug-likeness (QED) is 0.658. The van der Waals surface area contributed by atoms with Crippen LogP contribution in [0.15, 0.2) is 23.2 Å². The van der Waals surface area contributed by atoms with E-state index >= 15 is 0 Å². The zero-order chi connectivity index (χ0) is 21.1. The Morgan fingerprint density at radius 3 is 2.24 bits per heavy atom. The molecule has 0 spiro atoms. The largest absolute Gasteiger partial charge is 0.427 e. The molecule has 4 aliphatic carbocycles. The topological polar surface area (TPSA) is 86.7 Å². The summed E-state index contributed by atoms with van der Waals surface area (Å²) in [5.41, 5.74) is -0.148. The fourth-order valence-corrected chi connectivity index (χ4v) is 6.42. The number of rotatable bonds is 2. The summed E-state index contributed by atoms with van der Waals surface area (Å²) < 4.78 is 11.3. The lowest BCUT2D eigenvalue weighted by Crippen LogP contribution is -2.52. The van der Waals surface area contributed by atoms with E-state index in [4.69, 9.17) is 9.47 Å². The van der Waals surface area contributed by atoms with Crippen LogP contribution in [0.3, 0.4) is 0 Å². The number of fused-ring (bicyclic) bond motifs is 5. The molecule has 156 valence electrons. The molecule has 0 amide bonds. The molecule has 0 aromatic rings. The lowest BCUT2D eigenvalue weighted by atomic mass is 9.48. The fourth-order valence-electron chi connectivity index (χ4n) is 6.42. The first-order valence-electron chi connectivity index (χ1n) is 10.5. The van der Waals surface area contributed by atoms with Crippen molar-refractivity contribution in [1.82, 2.24) is 0 Å². The van der Waals surface area contributed by atoms with Gasteiger partial charge in [-0.3, -0.25) is 19.2 Å². The normalized spacial score (nSPS) is 38.6. The van der Waals surface area contributed by atoms with Gasteiger partial charge in [-0.1, -0.05) is 13.8 Å². The molecule has 4 aliphatic rings. The standard InChI is InChI=1S/C23H28O6/c1-12(24)28-20-17-11-14(26)7-9-22(17,3)16-8-10-23(4)15(5-6-18(23)27)19(16)21(20)29-13(2)25/h11,15-16,19H,5-10H2,1-4H3/t15-,16-,19-,22+,23-/m0/s1. The van der Waals surface area contributed by atoms with Crippen molar-refractivity contribution < 1.29 is 28.7 Å². The van der Waals surface area contributed by atoms with Crippen LogP contribution in [0.1, 0.15) is 66.2 Å². The molecular weight excluding hydrogens is 372 g/mol. The van der Waals surface area contributed by atoms with Crippen LogP contribution < -0.4 is 0 Å². The molecule has 2 fully saturated rings. The SMILES string of the molecule is CC(=O)OC1=C(OC(C)=O)[C@@H]2[C@H](CC[C@]3(C)C(=O)CC[C@@H]23)[C@@]2(C)CCC(=O)C=C12. The van der Waals surface area contributed by atoms with E-state index in [9.17, 15) is 19.2 Å². The third-order valence-corrected chi connectivity index (χ3v) is 7.88. The minimum absolute atomic E-state index is 0.0144. The first-order valence-corrected chi connectivity index (χ1v) is 10.5. The highest BCUT2D eigenvalue weighted by atomic mass is 16.6. The Kier molecular flexibility index (Phi) is 4.59. The van der Waals surface area contributed by atoms with Crippen LogP contribution >= 0.6 is 0 Å². The van der Waals surface area contributed by atoms with Gasteiger partial charge in [-0.25, -0.2) is 0 Å². The molecule has 0 radical (unpaired) electrons. The van der Waals surface area contributed by atoms with Gasteiger partial charge in [0.2, 0.25) is 0 Å². The van der Waals surface area contributed by atoms with Crippen LogP contribution in [0.4, 0.5) is 0 Å². The van der Waals surface area contributed by atoms with Crippen molar-refractivity contribution in [3.05, 3.63) is 23.2 Å². The van der Waals surface area contributed by atoms with Crippen molar-refractivity contribution in [2.45, 2.75) is 66.2 Å². The average Bonchev–Trinajstić information content (AvgIpc) is 2.93. The number of hydrogen-bond donors (Lipinski definition) is 0. The van der Waals surface area contributed by atoms with Gasteiger partial charge in [0.15, 0.2) is 17.3 Å². The number of ketones is 2. The minimum atomic E-state index is -0.523. The Hall–Kier alpha value is -2.24. The monoisotopic (exact) mass is 400 g/mol. The lowest BCUT2D eigenvalue weighted by Gasteiger charge is -2.56. The molecule has 6 heteroatoms. The molecule has 6 nitrogen and oxygen atoms in total. The second kappa shape index (κ2) is 6.64. The summed E-state index contributed by atoms with van der Waals surface area (Å²) in [6.45, 7) is 6.77. The molecule has 29 heavy (non-hydrogen) atoms. The van der Waals surface area contributed by atoms with Gasteiger partial charge in [-0.15, -0.1) is 0 Å². The summed E-state index contributed by atoms with van der Waals surface area (Å²) in [7, 11) is 0. The molecule has 0 unspecified atom stereocenters. The van der Waals surface area contributed by atoms with E-state index < -0.39 is 17.4 Å². The highest BCUT2D eigenvalue weighted by Gasteiger charge is 2.62. The van der Waals surface area contributed by atoms with Crippen molar-refractivity contribution in [3.8, 4) is 0 Å². The summed E-state index contributed by atoms with van der Waals surface area (Å²) in [5.74, 6) is -0.244. The van der Waals surface area contributed by atoms with Crippen LogP contribution in [-0.2, 0) is 28.7 Å². The van der Waals surface area contributed by atoms with Crippen LogP contribution in [0.2, 0.25) is 0 Å². The number of hydrogen-bond acceptors (Lipinski definition) is 6. The number of carbonyl (C=O) groups is 4. The molecule has 0 aromatic carbocycles. The van der Waals surface area contributed by atoms with Gasteiger partial charge in [-0.2, -0.15) is 0 Å². The highest BCUT2D eigenvalue weighted by molar-refractivity contribution is 5.93. The van der Waals surface area contributed by atoms with E-state index in [0.29, 0.717) is 30.6 Å². The summed E-state index contributed by atoms with van der Waals surface area (Å²) in [4.78, 5) is 48.9. The smallest absolute Gasteiger partial charge is 0.308 e. The predicted molar refractivity (Wildman–Crippen MR) is 103 cm³/mol. The van der Waals surface area contributed by atoms with Crippen molar-refractivity contribution in [2.75, 3.05) is 0 Å². The molecule has 0 N–H and O–H groups in total. The fraction of sp³-hybridized carbons (Fsp3) is 0.652. The number of esters is 2. The Bertz CT molecular complexity index is 880. The van der Waals surface area contributed by atoms with Crippen LogP contribution in [0.25, 0.3) is 0 Å². The van der Waals surface area contributed by atoms with E-state index in [1.54, 1.807) is 6.08 Å². The van der Waals surface area contributed by atoms with Gasteiger partial charge in [0.25, 0.3) is 0 Å². The number of carbonyl (C=O) groups excluding carboxylic acids is 4. The van der Waals surface area contributed by atoms with Gasteiger partial charge in [0.1, 0.15) is 5.78 Å². The molecule has 0 saturated heterocycles. The molecule has 0 heterocycles. The Balaban J connectivity index is 1.96. The number of Topliss-reactive ketones (excluding diaryl/α,β-unsaturated/α-hetero) is 1. The van der Waals surface area contributed by atoms with Gasteiger partial charge >= 0.3 is 11.9 Å². The average molecular weight is 400 g/mol. The van der Waals surface area contributed by atoms with Crippen LogP contribution in [0, 0.1) is 28.6 Å². The minimum Gasteiger partial charge on any atom is -0.427 e. The third-order valence-electron chi connectivity index (χ3n) is 7.88. The van der Waals surface area contributed by atoms with Crippen molar-refractivity contribution in [1.29, 1.82) is 0 Å². The Labute approximate surface area is 170 Å². The second-order valence-corrected chi connectivity index (χ2v) is 9.48.